The number of amides is 1. The zero-order valence-corrected chi connectivity index (χ0v) is 13.4. The molecular formula is C17H25N3O2. The van der Waals surface area contributed by atoms with Gasteiger partial charge in [-0.15, -0.1) is 0 Å². The van der Waals surface area contributed by atoms with Crippen molar-refractivity contribution in [3.05, 3.63) is 29.8 Å². The molecule has 1 fully saturated rings. The van der Waals surface area contributed by atoms with Crippen LogP contribution in [0.1, 0.15) is 37.0 Å². The fourth-order valence-corrected chi connectivity index (χ4v) is 2.83. The van der Waals surface area contributed by atoms with E-state index in [4.69, 9.17) is 0 Å². The number of hydrogen-bond acceptors (Lipinski definition) is 4. The van der Waals surface area contributed by atoms with Crippen LogP contribution in [0, 0.1) is 0 Å². The molecule has 5 nitrogen and oxygen atoms in total. The zero-order valence-electron chi connectivity index (χ0n) is 13.4. The van der Waals surface area contributed by atoms with E-state index in [2.05, 4.69) is 22.5 Å². The topological polar surface area (TPSA) is 61.4 Å². The Morgan fingerprint density at radius 3 is 2.86 bits per heavy atom. The lowest BCUT2D eigenvalue weighted by Crippen LogP contribution is -2.42. The van der Waals surface area contributed by atoms with Crippen LogP contribution >= 0.6 is 0 Å². The summed E-state index contributed by atoms with van der Waals surface area (Å²) in [5.74, 6) is -0.0261. The summed E-state index contributed by atoms with van der Waals surface area (Å²) in [5.41, 5.74) is 1.29. The van der Waals surface area contributed by atoms with Gasteiger partial charge in [0, 0.05) is 23.8 Å². The van der Waals surface area contributed by atoms with E-state index in [1.54, 1.807) is 18.2 Å². The van der Waals surface area contributed by atoms with Crippen molar-refractivity contribution in [2.75, 3.05) is 31.5 Å². The number of benzene rings is 1. The molecular weight excluding hydrogens is 278 g/mol. The van der Waals surface area contributed by atoms with E-state index >= 15 is 0 Å². The number of nitrogens with zero attached hydrogens (tertiary/aromatic N) is 1. The monoisotopic (exact) mass is 303 g/mol. The number of ketones is 1. The maximum atomic E-state index is 12.3. The summed E-state index contributed by atoms with van der Waals surface area (Å²) in [7, 11) is 0. The van der Waals surface area contributed by atoms with Gasteiger partial charge in [0.1, 0.15) is 0 Å². The van der Waals surface area contributed by atoms with Gasteiger partial charge in [0.2, 0.25) is 5.91 Å². The summed E-state index contributed by atoms with van der Waals surface area (Å²) in [6, 6.07) is 7.52. The molecule has 1 aromatic carbocycles. The standard InChI is InChI=1S/C17H25N3O2/c1-3-9-20(16-7-8-18-11-16)12-17(22)19-15-6-4-5-14(10-15)13(2)21/h4-6,10,16,18H,3,7-9,11-12H2,1-2H3,(H,19,22). The van der Waals surface area contributed by atoms with Crippen LogP contribution in [0.2, 0.25) is 0 Å². The summed E-state index contributed by atoms with van der Waals surface area (Å²) in [6.07, 6.45) is 2.12. The zero-order chi connectivity index (χ0) is 15.9. The van der Waals surface area contributed by atoms with Gasteiger partial charge in [0.15, 0.2) is 5.78 Å². The summed E-state index contributed by atoms with van der Waals surface area (Å²) in [4.78, 5) is 25.9. The second-order valence-electron chi connectivity index (χ2n) is 5.80. The Morgan fingerprint density at radius 2 is 2.23 bits per heavy atom. The lowest BCUT2D eigenvalue weighted by molar-refractivity contribution is -0.117. The summed E-state index contributed by atoms with van der Waals surface area (Å²) in [5, 5.41) is 6.24. The third kappa shape index (κ3) is 4.64. The Bertz CT molecular complexity index is 524. The number of anilines is 1. The van der Waals surface area contributed by atoms with E-state index in [1.165, 1.54) is 6.92 Å². The molecule has 5 heteroatoms. The molecule has 0 bridgehead atoms. The van der Waals surface area contributed by atoms with Crippen LogP contribution in [0.5, 0.6) is 0 Å². The molecule has 0 radical (unpaired) electrons. The van der Waals surface area contributed by atoms with Gasteiger partial charge in [0.05, 0.1) is 6.54 Å². The highest BCUT2D eigenvalue weighted by Gasteiger charge is 2.23. The van der Waals surface area contributed by atoms with Crippen LogP contribution in [0.4, 0.5) is 5.69 Å². The van der Waals surface area contributed by atoms with Crippen LogP contribution in [-0.2, 0) is 4.79 Å². The predicted octanol–water partition coefficient (Wildman–Crippen LogP) is 1.90. The first-order chi connectivity index (χ1) is 10.6. The van der Waals surface area contributed by atoms with E-state index in [0.717, 1.165) is 32.5 Å². The number of carbonyl (C=O) groups is 2. The minimum Gasteiger partial charge on any atom is -0.325 e. The SMILES string of the molecule is CCCN(CC(=O)Nc1cccc(C(C)=O)c1)C1CCNC1. The van der Waals surface area contributed by atoms with Crippen molar-refractivity contribution in [1.29, 1.82) is 0 Å². The normalized spacial score (nSPS) is 17.7. The molecule has 0 saturated carbocycles. The molecule has 1 saturated heterocycles. The summed E-state index contributed by atoms with van der Waals surface area (Å²) in [6.45, 7) is 6.94. The molecule has 0 spiro atoms. The molecule has 1 aromatic rings. The number of Topliss-reactive ketones (excluding diaryl/α,β-unsaturated/α-hetero) is 1. The second-order valence-corrected chi connectivity index (χ2v) is 5.80. The first-order valence-corrected chi connectivity index (χ1v) is 7.95. The fourth-order valence-electron chi connectivity index (χ4n) is 2.83. The van der Waals surface area contributed by atoms with Gasteiger partial charge in [-0.3, -0.25) is 14.5 Å². The maximum Gasteiger partial charge on any atom is 0.238 e. The van der Waals surface area contributed by atoms with E-state index in [0.29, 0.717) is 23.8 Å². The molecule has 0 aromatic heterocycles. The highest BCUT2D eigenvalue weighted by Crippen LogP contribution is 2.13. The molecule has 1 unspecified atom stereocenters. The molecule has 1 heterocycles. The van der Waals surface area contributed by atoms with Gasteiger partial charge in [0.25, 0.3) is 0 Å². The second kappa shape index (κ2) is 8.06. The van der Waals surface area contributed by atoms with Crippen LogP contribution in [0.3, 0.4) is 0 Å². The van der Waals surface area contributed by atoms with E-state index in [1.807, 2.05) is 6.07 Å². The molecule has 1 aliphatic rings. The van der Waals surface area contributed by atoms with Crippen LogP contribution in [-0.4, -0.2) is 48.8 Å². The smallest absolute Gasteiger partial charge is 0.238 e. The third-order valence-corrected chi connectivity index (χ3v) is 3.96. The minimum atomic E-state index is -0.0268. The lowest BCUT2D eigenvalue weighted by atomic mass is 10.1. The van der Waals surface area contributed by atoms with E-state index in [9.17, 15) is 9.59 Å². The van der Waals surface area contributed by atoms with Gasteiger partial charge in [-0.05, 0) is 45.0 Å². The maximum absolute atomic E-state index is 12.3. The largest absolute Gasteiger partial charge is 0.325 e. The Hall–Kier alpha value is -1.72. The van der Waals surface area contributed by atoms with Gasteiger partial charge < -0.3 is 10.6 Å². The van der Waals surface area contributed by atoms with Crippen molar-refractivity contribution in [2.45, 2.75) is 32.7 Å². The predicted molar refractivity (Wildman–Crippen MR) is 88.2 cm³/mol. The number of nitrogens with one attached hydrogen (secondary N) is 2. The van der Waals surface area contributed by atoms with Crippen molar-refractivity contribution < 1.29 is 9.59 Å². The molecule has 0 aliphatic carbocycles. The van der Waals surface area contributed by atoms with Gasteiger partial charge in [-0.2, -0.15) is 0 Å². The lowest BCUT2D eigenvalue weighted by Gasteiger charge is -2.27. The molecule has 2 N–H and O–H groups in total. The van der Waals surface area contributed by atoms with Gasteiger partial charge in [-0.25, -0.2) is 0 Å². The third-order valence-electron chi connectivity index (χ3n) is 3.96. The molecule has 1 atom stereocenters. The van der Waals surface area contributed by atoms with E-state index < -0.39 is 0 Å². The van der Waals surface area contributed by atoms with Crippen LogP contribution < -0.4 is 10.6 Å². The van der Waals surface area contributed by atoms with Crippen molar-refractivity contribution >= 4 is 17.4 Å². The number of carbonyl (C=O) groups excluding carboxylic acids is 2. The Kier molecular flexibility index (Phi) is 6.10. The molecule has 120 valence electrons. The highest BCUT2D eigenvalue weighted by atomic mass is 16.2. The fraction of sp³-hybridized carbons (Fsp3) is 0.529. The van der Waals surface area contributed by atoms with Crippen LogP contribution in [0.15, 0.2) is 24.3 Å². The van der Waals surface area contributed by atoms with Gasteiger partial charge >= 0.3 is 0 Å². The quantitative estimate of drug-likeness (QED) is 0.755. The number of hydrogen-bond donors (Lipinski definition) is 2. The van der Waals surface area contributed by atoms with Crippen molar-refractivity contribution in [3.8, 4) is 0 Å². The highest BCUT2D eigenvalue weighted by molar-refractivity contribution is 5.97. The van der Waals surface area contributed by atoms with Crippen molar-refractivity contribution in [1.82, 2.24) is 10.2 Å². The van der Waals surface area contributed by atoms with Crippen molar-refractivity contribution in [2.24, 2.45) is 0 Å². The Balaban J connectivity index is 1.95. The average molecular weight is 303 g/mol. The Labute approximate surface area is 132 Å². The minimum absolute atomic E-state index is 0.000684. The molecule has 22 heavy (non-hydrogen) atoms. The number of rotatable bonds is 7. The first kappa shape index (κ1) is 16.6. The molecule has 1 aliphatic heterocycles. The average Bonchev–Trinajstić information content (AvgIpc) is 3.01. The van der Waals surface area contributed by atoms with Gasteiger partial charge in [-0.1, -0.05) is 19.1 Å². The molecule has 2 rings (SSSR count). The first-order valence-electron chi connectivity index (χ1n) is 7.95. The summed E-state index contributed by atoms with van der Waals surface area (Å²) >= 11 is 0. The Morgan fingerprint density at radius 1 is 1.41 bits per heavy atom. The summed E-state index contributed by atoms with van der Waals surface area (Å²) < 4.78 is 0. The van der Waals surface area contributed by atoms with E-state index in [-0.39, 0.29) is 11.7 Å². The van der Waals surface area contributed by atoms with Crippen molar-refractivity contribution in [3.63, 3.8) is 0 Å². The van der Waals surface area contributed by atoms with Crippen LogP contribution in [0.25, 0.3) is 0 Å². The molecule has 1 amide bonds.